The number of ether oxygens (including phenoxy) is 1. The van der Waals surface area contributed by atoms with E-state index in [1.807, 2.05) is 9.80 Å². The minimum absolute atomic E-state index is 0.126. The summed E-state index contributed by atoms with van der Waals surface area (Å²) >= 11 is 0. The average molecular weight is 199 g/mol. The molecule has 2 rings (SSSR count). The summed E-state index contributed by atoms with van der Waals surface area (Å²) in [5.74, 6) is 0. The minimum Gasteiger partial charge on any atom is -0.378 e. The van der Waals surface area contributed by atoms with Crippen LogP contribution >= 0.6 is 0 Å². The van der Waals surface area contributed by atoms with E-state index in [9.17, 15) is 4.79 Å². The first-order chi connectivity index (χ1) is 6.77. The molecule has 2 N–H and O–H groups in total. The molecule has 14 heavy (non-hydrogen) atoms. The van der Waals surface area contributed by atoms with Gasteiger partial charge in [-0.1, -0.05) is 0 Å². The van der Waals surface area contributed by atoms with Crippen molar-refractivity contribution < 1.29 is 9.53 Å². The topological polar surface area (TPSA) is 58.8 Å². The van der Waals surface area contributed by atoms with Crippen molar-refractivity contribution in [3.8, 4) is 0 Å². The maximum Gasteiger partial charge on any atom is 0.320 e. The highest BCUT2D eigenvalue weighted by atomic mass is 16.5. The zero-order valence-electron chi connectivity index (χ0n) is 8.32. The zero-order chi connectivity index (χ0) is 9.97. The Morgan fingerprint density at radius 1 is 1.21 bits per heavy atom. The molecule has 80 valence electrons. The van der Waals surface area contributed by atoms with Crippen LogP contribution in [0.2, 0.25) is 0 Å². The van der Waals surface area contributed by atoms with Gasteiger partial charge in [0.1, 0.15) is 0 Å². The van der Waals surface area contributed by atoms with Crippen LogP contribution in [-0.2, 0) is 4.74 Å². The molecule has 0 radical (unpaired) electrons. The number of carbonyl (C=O) groups excluding carboxylic acids is 1. The lowest BCUT2D eigenvalue weighted by Gasteiger charge is -2.30. The first kappa shape index (κ1) is 9.73. The van der Waals surface area contributed by atoms with Crippen molar-refractivity contribution in [3.05, 3.63) is 0 Å². The number of nitrogens with two attached hydrogens (primary N) is 1. The SMILES string of the molecule is NC1CCN(C(=O)N2CCOCC2)C1. The van der Waals surface area contributed by atoms with Gasteiger partial charge >= 0.3 is 6.03 Å². The van der Waals surface area contributed by atoms with Crippen LogP contribution in [0.3, 0.4) is 0 Å². The smallest absolute Gasteiger partial charge is 0.320 e. The van der Waals surface area contributed by atoms with Crippen molar-refractivity contribution in [1.82, 2.24) is 9.80 Å². The molecule has 0 aromatic carbocycles. The molecule has 2 amide bonds. The monoisotopic (exact) mass is 199 g/mol. The highest BCUT2D eigenvalue weighted by molar-refractivity contribution is 5.74. The van der Waals surface area contributed by atoms with E-state index in [1.54, 1.807) is 0 Å². The third-order valence-corrected chi connectivity index (χ3v) is 2.78. The van der Waals surface area contributed by atoms with Gasteiger partial charge in [-0.15, -0.1) is 0 Å². The molecule has 0 aromatic heterocycles. The van der Waals surface area contributed by atoms with Gasteiger partial charge in [0, 0.05) is 32.2 Å². The highest BCUT2D eigenvalue weighted by Crippen LogP contribution is 2.11. The molecule has 2 aliphatic heterocycles. The predicted octanol–water partition coefficient (Wildman–Crippen LogP) is -0.528. The second kappa shape index (κ2) is 4.14. The van der Waals surface area contributed by atoms with Crippen molar-refractivity contribution in [3.63, 3.8) is 0 Å². The number of carbonyl (C=O) groups is 1. The lowest BCUT2D eigenvalue weighted by molar-refractivity contribution is 0.0451. The maximum absolute atomic E-state index is 11.9. The number of hydrogen-bond donors (Lipinski definition) is 1. The van der Waals surface area contributed by atoms with Gasteiger partial charge in [-0.25, -0.2) is 4.79 Å². The summed E-state index contributed by atoms with van der Waals surface area (Å²) in [6, 6.07) is 0.293. The summed E-state index contributed by atoms with van der Waals surface area (Å²) < 4.78 is 5.20. The van der Waals surface area contributed by atoms with E-state index in [-0.39, 0.29) is 12.1 Å². The summed E-state index contributed by atoms with van der Waals surface area (Å²) in [4.78, 5) is 15.6. The molecule has 0 aromatic rings. The molecule has 1 atom stereocenters. The molecule has 0 aliphatic carbocycles. The molecule has 0 bridgehead atoms. The Balaban J connectivity index is 1.87. The zero-order valence-corrected chi connectivity index (χ0v) is 8.32. The lowest BCUT2D eigenvalue weighted by atomic mass is 10.3. The fourth-order valence-corrected chi connectivity index (χ4v) is 1.92. The number of rotatable bonds is 0. The number of morpholine rings is 1. The maximum atomic E-state index is 11.9. The molecular weight excluding hydrogens is 182 g/mol. The Morgan fingerprint density at radius 3 is 2.50 bits per heavy atom. The molecule has 1 unspecified atom stereocenters. The fourth-order valence-electron chi connectivity index (χ4n) is 1.92. The summed E-state index contributed by atoms with van der Waals surface area (Å²) in [5.41, 5.74) is 5.76. The van der Waals surface area contributed by atoms with Gasteiger partial charge in [-0.2, -0.15) is 0 Å². The average Bonchev–Trinajstić information content (AvgIpc) is 2.65. The van der Waals surface area contributed by atoms with E-state index in [0.717, 1.165) is 13.0 Å². The lowest BCUT2D eigenvalue weighted by Crippen LogP contribution is -2.47. The summed E-state index contributed by atoms with van der Waals surface area (Å²) in [7, 11) is 0. The van der Waals surface area contributed by atoms with E-state index < -0.39 is 0 Å². The number of likely N-dealkylation sites (tertiary alicyclic amines) is 1. The van der Waals surface area contributed by atoms with Gasteiger partial charge in [-0.05, 0) is 6.42 Å². The van der Waals surface area contributed by atoms with Crippen LogP contribution in [0.1, 0.15) is 6.42 Å². The molecule has 2 fully saturated rings. The Bertz CT molecular complexity index is 209. The molecular formula is C9H17N3O2. The molecule has 2 saturated heterocycles. The Labute approximate surface area is 83.8 Å². The van der Waals surface area contributed by atoms with Crippen LogP contribution < -0.4 is 5.73 Å². The van der Waals surface area contributed by atoms with Gasteiger partial charge in [0.15, 0.2) is 0 Å². The molecule has 0 spiro atoms. The van der Waals surface area contributed by atoms with E-state index in [1.165, 1.54) is 0 Å². The number of urea groups is 1. The van der Waals surface area contributed by atoms with E-state index in [4.69, 9.17) is 10.5 Å². The Hall–Kier alpha value is -0.810. The van der Waals surface area contributed by atoms with Crippen LogP contribution in [0.15, 0.2) is 0 Å². The van der Waals surface area contributed by atoms with E-state index in [0.29, 0.717) is 32.8 Å². The number of nitrogens with zero attached hydrogens (tertiary/aromatic N) is 2. The first-order valence-corrected chi connectivity index (χ1v) is 5.14. The quantitative estimate of drug-likeness (QED) is 0.570. The van der Waals surface area contributed by atoms with Gasteiger partial charge in [0.05, 0.1) is 13.2 Å². The van der Waals surface area contributed by atoms with Crippen LogP contribution in [0, 0.1) is 0 Å². The van der Waals surface area contributed by atoms with Crippen molar-refractivity contribution in [1.29, 1.82) is 0 Å². The number of amides is 2. The molecule has 2 heterocycles. The van der Waals surface area contributed by atoms with Crippen LogP contribution in [0.25, 0.3) is 0 Å². The molecule has 0 saturated carbocycles. The van der Waals surface area contributed by atoms with Gasteiger partial charge < -0.3 is 20.3 Å². The van der Waals surface area contributed by atoms with Gasteiger partial charge in [0.2, 0.25) is 0 Å². The largest absolute Gasteiger partial charge is 0.378 e. The van der Waals surface area contributed by atoms with Crippen LogP contribution in [-0.4, -0.2) is 61.3 Å². The Kier molecular flexibility index (Phi) is 2.88. The van der Waals surface area contributed by atoms with Crippen LogP contribution in [0.4, 0.5) is 4.79 Å². The molecule has 5 nitrogen and oxygen atoms in total. The first-order valence-electron chi connectivity index (χ1n) is 5.14. The van der Waals surface area contributed by atoms with E-state index in [2.05, 4.69) is 0 Å². The highest BCUT2D eigenvalue weighted by Gasteiger charge is 2.28. The van der Waals surface area contributed by atoms with Crippen molar-refractivity contribution in [2.24, 2.45) is 5.73 Å². The molecule has 5 heteroatoms. The normalized spacial score (nSPS) is 28.2. The van der Waals surface area contributed by atoms with Crippen molar-refractivity contribution >= 4 is 6.03 Å². The summed E-state index contributed by atoms with van der Waals surface area (Å²) in [6.07, 6.45) is 0.927. The predicted molar refractivity (Wildman–Crippen MR) is 52.0 cm³/mol. The third kappa shape index (κ3) is 1.99. The standard InChI is InChI=1S/C9H17N3O2/c10-8-1-2-12(7-8)9(13)11-3-5-14-6-4-11/h8H,1-7,10H2. The number of hydrogen-bond acceptors (Lipinski definition) is 3. The minimum atomic E-state index is 0.126. The van der Waals surface area contributed by atoms with Gasteiger partial charge in [-0.3, -0.25) is 0 Å². The Morgan fingerprint density at radius 2 is 1.93 bits per heavy atom. The van der Waals surface area contributed by atoms with Gasteiger partial charge in [0.25, 0.3) is 0 Å². The summed E-state index contributed by atoms with van der Waals surface area (Å²) in [5, 5.41) is 0. The third-order valence-electron chi connectivity index (χ3n) is 2.78. The second-order valence-corrected chi connectivity index (χ2v) is 3.88. The summed E-state index contributed by atoms with van der Waals surface area (Å²) in [6.45, 7) is 4.25. The van der Waals surface area contributed by atoms with E-state index >= 15 is 0 Å². The molecule has 2 aliphatic rings. The fraction of sp³-hybridized carbons (Fsp3) is 0.889. The van der Waals surface area contributed by atoms with Crippen LogP contribution in [0.5, 0.6) is 0 Å². The van der Waals surface area contributed by atoms with Crippen molar-refractivity contribution in [2.45, 2.75) is 12.5 Å². The second-order valence-electron chi connectivity index (χ2n) is 3.88. The van der Waals surface area contributed by atoms with Crippen molar-refractivity contribution in [2.75, 3.05) is 39.4 Å².